The summed E-state index contributed by atoms with van der Waals surface area (Å²) in [5.41, 5.74) is 5.92. The van der Waals surface area contributed by atoms with Crippen LogP contribution < -0.4 is 24.8 Å². The summed E-state index contributed by atoms with van der Waals surface area (Å²) in [6, 6.07) is 30.3. The molecule has 0 saturated heterocycles. The van der Waals surface area contributed by atoms with Gasteiger partial charge in [0.25, 0.3) is 10.0 Å². The fourth-order valence-electron chi connectivity index (χ4n) is 7.45. The molecule has 0 aliphatic carbocycles. The molecule has 18 heteroatoms. The molecule has 3 heterocycles. The van der Waals surface area contributed by atoms with Crippen LogP contribution in [0.3, 0.4) is 0 Å². The quantitative estimate of drug-likeness (QED) is 0.107. The number of fused-ring (bicyclic) bond motifs is 2. The van der Waals surface area contributed by atoms with Crippen LogP contribution >= 0.6 is 34.5 Å². The molecule has 0 spiro atoms. The van der Waals surface area contributed by atoms with Crippen LogP contribution in [0.15, 0.2) is 114 Å². The number of nitrogens with one attached hydrogen (secondary N) is 2. The maximum atomic E-state index is 14.5. The Balaban J connectivity index is 1.02. The Hall–Kier alpha value is -6.48. The van der Waals surface area contributed by atoms with Gasteiger partial charge in [-0.1, -0.05) is 89.1 Å². The lowest BCUT2D eigenvalue weighted by Crippen LogP contribution is -2.55. The minimum absolute atomic E-state index is 0.0470. The molecule has 2 aliphatic rings. The lowest BCUT2D eigenvalue weighted by Gasteiger charge is -2.36. The van der Waals surface area contributed by atoms with Crippen molar-refractivity contribution in [3.05, 3.63) is 153 Å². The average Bonchev–Trinajstić information content (AvgIpc) is 3.79. The van der Waals surface area contributed by atoms with Gasteiger partial charge in [-0.05, 0) is 93.9 Å². The number of hydrogen-bond donors (Lipinski definition) is 2. The van der Waals surface area contributed by atoms with Crippen molar-refractivity contribution in [1.29, 1.82) is 5.26 Å². The number of anilines is 1. The molecular weight excluding hydrogens is 914 g/mol. The van der Waals surface area contributed by atoms with E-state index in [2.05, 4.69) is 21.7 Å². The molecule has 3 unspecified atom stereocenters. The number of ether oxygens (including phenoxy) is 4. The Bertz CT molecular complexity index is 2920. The lowest BCUT2D eigenvalue weighted by atomic mass is 9.93. The van der Waals surface area contributed by atoms with Gasteiger partial charge in [-0.15, -0.1) is 0 Å². The number of carbonyl (C=O) groups excluding carboxylic acids is 3. The Morgan fingerprint density at radius 3 is 2.29 bits per heavy atom. The van der Waals surface area contributed by atoms with Crippen molar-refractivity contribution in [2.75, 3.05) is 19.0 Å². The minimum Gasteiger partial charge on any atom is -0.489 e. The molecule has 2 amide bonds. The van der Waals surface area contributed by atoms with Gasteiger partial charge in [0.1, 0.15) is 31.0 Å². The SMILES string of the molecule is COC(=O)C(Cc1ccc(-c2ccc(C#N)cc2)cc1)NC(=O)C1Cc2cc3c(cc2CN1S(=O)(=O)c1cnc(NC(C)=O)s1)OC(c1ccc(OCc2ccc(Cl)c(Cl)c2)cc1)CO3. The van der Waals surface area contributed by atoms with Crippen LogP contribution in [0.5, 0.6) is 17.2 Å². The van der Waals surface area contributed by atoms with E-state index in [0.717, 1.165) is 44.1 Å². The Morgan fingerprint density at radius 1 is 0.923 bits per heavy atom. The molecule has 8 rings (SSSR count). The molecule has 0 radical (unpaired) electrons. The highest BCUT2D eigenvalue weighted by Gasteiger charge is 2.42. The number of hydrogen-bond acceptors (Lipinski definition) is 12. The monoisotopic (exact) mass is 951 g/mol. The average molecular weight is 953 g/mol. The van der Waals surface area contributed by atoms with E-state index in [1.807, 2.05) is 66.7 Å². The van der Waals surface area contributed by atoms with Crippen molar-refractivity contribution >= 4 is 67.5 Å². The molecule has 0 bridgehead atoms. The van der Waals surface area contributed by atoms with Gasteiger partial charge >= 0.3 is 5.97 Å². The van der Waals surface area contributed by atoms with E-state index in [0.29, 0.717) is 49.5 Å². The first-order chi connectivity index (χ1) is 31.3. The first-order valence-corrected chi connectivity index (χ1v) is 23.1. The van der Waals surface area contributed by atoms with E-state index in [-0.39, 0.29) is 41.9 Å². The van der Waals surface area contributed by atoms with Crippen LogP contribution in [0, 0.1) is 11.3 Å². The second-order valence-electron chi connectivity index (χ2n) is 15.2. The number of rotatable bonds is 13. The Labute approximate surface area is 388 Å². The highest BCUT2D eigenvalue weighted by atomic mass is 35.5. The lowest BCUT2D eigenvalue weighted by molar-refractivity contribution is -0.145. The van der Waals surface area contributed by atoms with Gasteiger partial charge in [-0.3, -0.25) is 9.59 Å². The summed E-state index contributed by atoms with van der Waals surface area (Å²) >= 11 is 12.9. The minimum atomic E-state index is -4.43. The summed E-state index contributed by atoms with van der Waals surface area (Å²) < 4.78 is 53.5. The van der Waals surface area contributed by atoms with Gasteiger partial charge in [0.15, 0.2) is 26.9 Å². The number of halogens is 2. The number of esters is 1. The van der Waals surface area contributed by atoms with Crippen LogP contribution in [-0.4, -0.2) is 61.3 Å². The van der Waals surface area contributed by atoms with Crippen LogP contribution in [0.2, 0.25) is 10.0 Å². The zero-order chi connectivity index (χ0) is 45.8. The van der Waals surface area contributed by atoms with Crippen molar-refractivity contribution < 1.29 is 41.7 Å². The summed E-state index contributed by atoms with van der Waals surface area (Å²) in [4.78, 5) is 43.5. The summed E-state index contributed by atoms with van der Waals surface area (Å²) in [6.45, 7) is 1.50. The molecule has 3 atom stereocenters. The maximum absolute atomic E-state index is 14.5. The molecule has 332 valence electrons. The summed E-state index contributed by atoms with van der Waals surface area (Å²) in [5, 5.41) is 15.4. The number of amides is 2. The largest absolute Gasteiger partial charge is 0.489 e. The topological polar surface area (TPSA) is 186 Å². The number of aromatic nitrogens is 1. The number of carbonyl (C=O) groups is 3. The molecule has 0 saturated carbocycles. The Morgan fingerprint density at radius 2 is 1.62 bits per heavy atom. The van der Waals surface area contributed by atoms with E-state index < -0.39 is 46.0 Å². The third kappa shape index (κ3) is 10.3. The van der Waals surface area contributed by atoms with Crippen LogP contribution in [0.25, 0.3) is 11.1 Å². The third-order valence-electron chi connectivity index (χ3n) is 10.8. The van der Waals surface area contributed by atoms with Crippen LogP contribution in [-0.2, 0) is 55.1 Å². The van der Waals surface area contributed by atoms with E-state index in [4.69, 9.17) is 47.4 Å². The Kier molecular flexibility index (Phi) is 13.4. The third-order valence-corrected chi connectivity index (χ3v) is 14.8. The molecular formula is C47H39Cl2N5O9S2. The van der Waals surface area contributed by atoms with Gasteiger partial charge in [0.05, 0.1) is 35.0 Å². The van der Waals surface area contributed by atoms with Gasteiger partial charge in [-0.2, -0.15) is 9.57 Å². The smallest absolute Gasteiger partial charge is 0.328 e. The summed E-state index contributed by atoms with van der Waals surface area (Å²) in [5.74, 6) is -0.432. The van der Waals surface area contributed by atoms with E-state index in [1.54, 1.807) is 36.4 Å². The standard InChI is InChI=1S/C47H39Cl2N5O9S2/c1-27(55)52-47-51-23-44(64-47)65(58,59)54-24-35-21-42-41(62-26-43(63-42)33-12-14-36(15-13-33)61-25-30-7-16-37(48)38(49)17-30)20-34(35)19-40(54)45(56)53-39(46(57)60-2)18-28-3-8-31(9-4-28)32-10-5-29(22-50)6-11-32/h3-17,20-21,23,39-40,43H,18-19,24-26H2,1-2H3,(H,53,56)(H,51,52,55). The number of nitrogens with zero attached hydrogens (tertiary/aromatic N) is 3. The second-order valence-corrected chi connectivity index (χ2v) is 19.2. The van der Waals surface area contributed by atoms with Gasteiger partial charge in [0.2, 0.25) is 11.8 Å². The summed E-state index contributed by atoms with van der Waals surface area (Å²) in [6.07, 6.45) is 0.602. The fraction of sp³-hybridized carbons (Fsp3) is 0.213. The first-order valence-electron chi connectivity index (χ1n) is 20.1. The van der Waals surface area contributed by atoms with Crippen molar-refractivity contribution in [3.63, 3.8) is 0 Å². The fourth-order valence-corrected chi connectivity index (χ4v) is 10.5. The maximum Gasteiger partial charge on any atom is 0.328 e. The summed E-state index contributed by atoms with van der Waals surface area (Å²) in [7, 11) is -3.22. The second kappa shape index (κ2) is 19.3. The molecule has 2 aliphatic heterocycles. The van der Waals surface area contributed by atoms with Crippen LogP contribution in [0.4, 0.5) is 5.13 Å². The van der Waals surface area contributed by atoms with Gasteiger partial charge < -0.3 is 29.6 Å². The number of benzene rings is 5. The van der Waals surface area contributed by atoms with E-state index in [9.17, 15) is 22.8 Å². The number of sulfonamides is 1. The normalized spacial score (nSPS) is 16.0. The zero-order valence-corrected chi connectivity index (χ0v) is 37.9. The zero-order valence-electron chi connectivity index (χ0n) is 34.7. The molecule has 65 heavy (non-hydrogen) atoms. The van der Waals surface area contributed by atoms with Gasteiger partial charge in [0, 0.05) is 19.9 Å². The highest BCUT2D eigenvalue weighted by Crippen LogP contribution is 2.42. The number of nitriles is 1. The highest BCUT2D eigenvalue weighted by molar-refractivity contribution is 7.91. The van der Waals surface area contributed by atoms with Crippen molar-refractivity contribution in [1.82, 2.24) is 14.6 Å². The predicted molar refractivity (Wildman–Crippen MR) is 243 cm³/mol. The molecule has 2 N–H and O–H groups in total. The molecule has 0 fully saturated rings. The molecule has 5 aromatic carbocycles. The van der Waals surface area contributed by atoms with E-state index in [1.165, 1.54) is 14.0 Å². The first kappa shape index (κ1) is 45.1. The molecule has 6 aromatic rings. The predicted octanol–water partition coefficient (Wildman–Crippen LogP) is 8.05. The van der Waals surface area contributed by atoms with Gasteiger partial charge in [-0.25, -0.2) is 18.2 Å². The van der Waals surface area contributed by atoms with E-state index >= 15 is 0 Å². The van der Waals surface area contributed by atoms with Crippen molar-refractivity contribution in [2.45, 2.75) is 55.3 Å². The number of thiazole rings is 1. The van der Waals surface area contributed by atoms with Crippen molar-refractivity contribution in [3.8, 4) is 34.4 Å². The molecule has 1 aromatic heterocycles. The van der Waals surface area contributed by atoms with Crippen LogP contribution in [0.1, 0.15) is 46.4 Å². The molecule has 14 nitrogen and oxygen atoms in total. The van der Waals surface area contributed by atoms with Crippen molar-refractivity contribution in [2.24, 2.45) is 0 Å². The number of methoxy groups -OCH3 is 1.